The number of carbonyl (C=O) groups excluding carboxylic acids is 1. The minimum Gasteiger partial charge on any atom is -0.354 e. The van der Waals surface area contributed by atoms with Crippen molar-refractivity contribution in [3.63, 3.8) is 0 Å². The molecule has 6 nitrogen and oxygen atoms in total. The number of carbonyl (C=O) groups is 1. The van der Waals surface area contributed by atoms with Gasteiger partial charge in [-0.25, -0.2) is 15.0 Å². The second-order valence-corrected chi connectivity index (χ2v) is 7.28. The van der Waals surface area contributed by atoms with E-state index >= 15 is 0 Å². The number of anilines is 2. The molecule has 0 spiro atoms. The lowest BCUT2D eigenvalue weighted by Gasteiger charge is -2.20. The average Bonchev–Trinajstić information content (AvgIpc) is 3.20. The fraction of sp³-hybridized carbons (Fsp3) is 0.222. The van der Waals surface area contributed by atoms with Gasteiger partial charge < -0.3 is 10.2 Å². The summed E-state index contributed by atoms with van der Waals surface area (Å²) in [5.41, 5.74) is 1.43. The first-order chi connectivity index (χ1) is 13.0. The molecule has 1 saturated heterocycles. The molecule has 138 valence electrons. The Labute approximate surface area is 170 Å². The molecular weight excluding hydrogens is 409 g/mol. The van der Waals surface area contributed by atoms with Crippen molar-refractivity contribution in [1.82, 2.24) is 15.0 Å². The number of aromatic nitrogens is 3. The molecule has 9 heteroatoms. The number of nitrogens with zero attached hydrogens (tertiary/aromatic N) is 4. The third-order valence-corrected chi connectivity index (χ3v) is 5.56. The first-order valence-electron chi connectivity index (χ1n) is 8.37. The Morgan fingerprint density at radius 1 is 1.00 bits per heavy atom. The van der Waals surface area contributed by atoms with Gasteiger partial charge >= 0.3 is 0 Å². The van der Waals surface area contributed by atoms with Gasteiger partial charge in [-0.3, -0.25) is 4.79 Å². The zero-order chi connectivity index (χ0) is 19.0. The first-order valence-corrected chi connectivity index (χ1v) is 9.50. The second kappa shape index (κ2) is 7.46. The standard InChI is InChI=1S/C18H14Cl3N5O/c19-10-9-22-15(14(21)13(10)20)18(27)25-16-17(26-7-3-4-8-26)24-12-6-2-1-5-11(12)23-16/h1-2,5-6,9H,3-4,7-8H2,(H,23,25,27). The average molecular weight is 423 g/mol. The van der Waals surface area contributed by atoms with Crippen LogP contribution in [0.4, 0.5) is 11.6 Å². The second-order valence-electron chi connectivity index (χ2n) is 6.12. The molecule has 0 atom stereocenters. The Morgan fingerprint density at radius 3 is 2.37 bits per heavy atom. The summed E-state index contributed by atoms with van der Waals surface area (Å²) in [4.78, 5) is 28.2. The number of nitrogens with one attached hydrogen (secondary N) is 1. The van der Waals surface area contributed by atoms with Gasteiger partial charge in [0.1, 0.15) is 5.69 Å². The van der Waals surface area contributed by atoms with Crippen molar-refractivity contribution >= 4 is 63.4 Å². The van der Waals surface area contributed by atoms with E-state index in [1.807, 2.05) is 24.3 Å². The lowest BCUT2D eigenvalue weighted by molar-refractivity contribution is 0.102. The molecule has 3 heterocycles. The molecule has 0 bridgehead atoms. The zero-order valence-corrected chi connectivity index (χ0v) is 16.3. The minimum absolute atomic E-state index is 0.00172. The number of benzene rings is 1. The number of halogens is 3. The molecule has 1 aliphatic rings. The van der Waals surface area contributed by atoms with Gasteiger partial charge in [0.05, 0.1) is 26.1 Å². The van der Waals surface area contributed by atoms with Crippen molar-refractivity contribution < 1.29 is 4.79 Å². The number of para-hydroxylation sites is 2. The largest absolute Gasteiger partial charge is 0.354 e. The molecule has 1 aromatic carbocycles. The Morgan fingerprint density at radius 2 is 1.67 bits per heavy atom. The van der Waals surface area contributed by atoms with Crippen LogP contribution in [0.15, 0.2) is 30.5 Å². The van der Waals surface area contributed by atoms with E-state index in [9.17, 15) is 4.79 Å². The third kappa shape index (κ3) is 3.52. The van der Waals surface area contributed by atoms with E-state index in [-0.39, 0.29) is 20.8 Å². The van der Waals surface area contributed by atoms with Gasteiger partial charge in [-0.15, -0.1) is 0 Å². The smallest absolute Gasteiger partial charge is 0.277 e. The lowest BCUT2D eigenvalue weighted by atomic mass is 10.3. The van der Waals surface area contributed by atoms with Gasteiger partial charge in [0.15, 0.2) is 11.6 Å². The van der Waals surface area contributed by atoms with Crippen molar-refractivity contribution in [2.45, 2.75) is 12.8 Å². The SMILES string of the molecule is O=C(Nc1nc2ccccc2nc1N1CCCC1)c1ncc(Cl)c(Cl)c1Cl. The van der Waals surface area contributed by atoms with E-state index in [0.29, 0.717) is 17.2 Å². The molecule has 4 rings (SSSR count). The Bertz CT molecular complexity index is 1040. The van der Waals surface area contributed by atoms with Crippen LogP contribution in [0.3, 0.4) is 0 Å². The molecule has 0 unspecified atom stereocenters. The highest BCUT2D eigenvalue weighted by atomic mass is 35.5. The summed E-state index contributed by atoms with van der Waals surface area (Å²) in [6.45, 7) is 1.73. The van der Waals surface area contributed by atoms with Gasteiger partial charge in [-0.05, 0) is 25.0 Å². The maximum atomic E-state index is 12.8. The Hall–Kier alpha value is -2.15. The molecule has 1 aliphatic heterocycles. The monoisotopic (exact) mass is 421 g/mol. The first kappa shape index (κ1) is 18.2. The Balaban J connectivity index is 1.75. The third-order valence-electron chi connectivity index (χ3n) is 4.32. The number of amides is 1. The Kier molecular flexibility index (Phi) is 5.04. The summed E-state index contributed by atoms with van der Waals surface area (Å²) in [5.74, 6) is 0.476. The van der Waals surface area contributed by atoms with E-state index in [1.54, 1.807) is 0 Å². The summed E-state index contributed by atoms with van der Waals surface area (Å²) < 4.78 is 0. The fourth-order valence-corrected chi connectivity index (χ4v) is 3.56. The van der Waals surface area contributed by atoms with Gasteiger partial charge in [0, 0.05) is 19.3 Å². The predicted octanol–water partition coefficient (Wildman–Crippen LogP) is 4.84. The summed E-state index contributed by atoms with van der Waals surface area (Å²) in [5, 5.41) is 3.05. The van der Waals surface area contributed by atoms with Crippen LogP contribution in [0, 0.1) is 0 Å². The van der Waals surface area contributed by atoms with Crippen LogP contribution < -0.4 is 10.2 Å². The van der Waals surface area contributed by atoms with E-state index in [2.05, 4.69) is 20.2 Å². The lowest BCUT2D eigenvalue weighted by Crippen LogP contribution is -2.24. The number of hydrogen-bond acceptors (Lipinski definition) is 5. The molecule has 0 saturated carbocycles. The summed E-state index contributed by atoms with van der Waals surface area (Å²) in [6.07, 6.45) is 3.43. The van der Waals surface area contributed by atoms with Crippen molar-refractivity contribution in [2.24, 2.45) is 0 Å². The molecule has 1 N–H and O–H groups in total. The van der Waals surface area contributed by atoms with Crippen LogP contribution in [0.1, 0.15) is 23.3 Å². The van der Waals surface area contributed by atoms with Gasteiger partial charge in [0.25, 0.3) is 5.91 Å². The number of rotatable bonds is 3. The van der Waals surface area contributed by atoms with Crippen molar-refractivity contribution in [3.05, 3.63) is 51.2 Å². The quantitative estimate of drug-likeness (QED) is 0.654. The van der Waals surface area contributed by atoms with E-state index in [1.165, 1.54) is 6.20 Å². The topological polar surface area (TPSA) is 71.0 Å². The number of pyridine rings is 1. The van der Waals surface area contributed by atoms with Crippen LogP contribution in [-0.2, 0) is 0 Å². The molecule has 27 heavy (non-hydrogen) atoms. The maximum Gasteiger partial charge on any atom is 0.277 e. The highest BCUT2D eigenvalue weighted by Gasteiger charge is 2.23. The minimum atomic E-state index is -0.524. The normalized spacial score (nSPS) is 14.0. The fourth-order valence-electron chi connectivity index (χ4n) is 2.99. The van der Waals surface area contributed by atoms with Crippen LogP contribution in [-0.4, -0.2) is 33.9 Å². The molecule has 0 radical (unpaired) electrons. The van der Waals surface area contributed by atoms with Crippen LogP contribution in [0.25, 0.3) is 11.0 Å². The predicted molar refractivity (Wildman–Crippen MR) is 108 cm³/mol. The summed E-state index contributed by atoms with van der Waals surface area (Å²) in [7, 11) is 0. The van der Waals surface area contributed by atoms with Crippen LogP contribution in [0.5, 0.6) is 0 Å². The van der Waals surface area contributed by atoms with Crippen LogP contribution >= 0.6 is 34.8 Å². The van der Waals surface area contributed by atoms with Gasteiger partial charge in [-0.1, -0.05) is 46.9 Å². The number of fused-ring (bicyclic) bond motifs is 1. The molecule has 2 aromatic heterocycles. The van der Waals surface area contributed by atoms with Crippen molar-refractivity contribution in [2.75, 3.05) is 23.3 Å². The summed E-state index contributed by atoms with van der Waals surface area (Å²) in [6, 6.07) is 7.51. The molecule has 3 aromatic rings. The van der Waals surface area contributed by atoms with Crippen molar-refractivity contribution in [3.8, 4) is 0 Å². The zero-order valence-electron chi connectivity index (χ0n) is 14.0. The highest BCUT2D eigenvalue weighted by molar-refractivity contribution is 6.49. The van der Waals surface area contributed by atoms with Gasteiger partial charge in [-0.2, -0.15) is 0 Å². The highest BCUT2D eigenvalue weighted by Crippen LogP contribution is 2.32. The summed E-state index contributed by atoms with van der Waals surface area (Å²) >= 11 is 18.0. The van der Waals surface area contributed by atoms with E-state index in [4.69, 9.17) is 39.8 Å². The van der Waals surface area contributed by atoms with E-state index in [0.717, 1.165) is 31.4 Å². The molecule has 1 amide bonds. The van der Waals surface area contributed by atoms with Crippen molar-refractivity contribution in [1.29, 1.82) is 0 Å². The molecule has 1 fully saturated rings. The van der Waals surface area contributed by atoms with E-state index < -0.39 is 5.91 Å². The molecular formula is C18H14Cl3N5O. The molecule has 0 aliphatic carbocycles. The number of hydrogen-bond donors (Lipinski definition) is 1. The van der Waals surface area contributed by atoms with Crippen LogP contribution in [0.2, 0.25) is 15.1 Å². The maximum absolute atomic E-state index is 12.8. The van der Waals surface area contributed by atoms with Gasteiger partial charge in [0.2, 0.25) is 0 Å².